The molecule has 2 aromatic rings. The van der Waals surface area contributed by atoms with E-state index in [1.165, 1.54) is 30.5 Å². The number of rotatable bonds is 6. The van der Waals surface area contributed by atoms with Gasteiger partial charge in [0.05, 0.1) is 19.4 Å². The van der Waals surface area contributed by atoms with Crippen molar-refractivity contribution in [3.63, 3.8) is 0 Å². The van der Waals surface area contributed by atoms with Gasteiger partial charge in [-0.25, -0.2) is 9.82 Å². The molecule has 126 valence electrons. The van der Waals surface area contributed by atoms with E-state index in [0.29, 0.717) is 17.1 Å². The number of benzene rings is 2. The minimum Gasteiger partial charge on any atom is -0.493 e. The number of amides is 1. The Labute approximate surface area is 140 Å². The summed E-state index contributed by atoms with van der Waals surface area (Å²) in [7, 11) is 1.56. The predicted octanol–water partition coefficient (Wildman–Crippen LogP) is 3.39. The van der Waals surface area contributed by atoms with Crippen molar-refractivity contribution in [3.05, 3.63) is 59.4 Å². The van der Waals surface area contributed by atoms with E-state index in [-0.39, 0.29) is 6.10 Å². The molecule has 0 aliphatic carbocycles. The van der Waals surface area contributed by atoms with E-state index in [1.807, 2.05) is 13.8 Å². The fraction of sp³-hybridized carbons (Fsp3) is 0.222. The lowest BCUT2D eigenvalue weighted by atomic mass is 10.2. The van der Waals surface area contributed by atoms with Gasteiger partial charge in [-0.1, -0.05) is 0 Å². The lowest BCUT2D eigenvalue weighted by Crippen LogP contribution is -2.17. The summed E-state index contributed by atoms with van der Waals surface area (Å²) in [6, 6.07) is 10.6. The van der Waals surface area contributed by atoms with Gasteiger partial charge in [-0.3, -0.25) is 4.79 Å². The first kappa shape index (κ1) is 17.5. The lowest BCUT2D eigenvalue weighted by Gasteiger charge is -2.13. The third-order valence-electron chi connectivity index (χ3n) is 3.04. The molecule has 0 spiro atoms. The standard InChI is InChI=1S/C18H19FN2O3/c1-12(2)24-16-9-4-13(10-17(16)23-3)11-20-21-18(22)14-5-7-15(19)8-6-14/h4-12H,1-3H3,(H,21,22)/b20-11-. The van der Waals surface area contributed by atoms with E-state index in [1.54, 1.807) is 25.3 Å². The van der Waals surface area contributed by atoms with E-state index in [4.69, 9.17) is 9.47 Å². The Hall–Kier alpha value is -2.89. The maximum atomic E-state index is 12.8. The molecular formula is C18H19FN2O3. The summed E-state index contributed by atoms with van der Waals surface area (Å²) in [5, 5.41) is 3.89. The van der Waals surface area contributed by atoms with Crippen LogP contribution in [-0.2, 0) is 0 Å². The van der Waals surface area contributed by atoms with Crippen LogP contribution in [0.15, 0.2) is 47.6 Å². The normalized spacial score (nSPS) is 10.9. The summed E-state index contributed by atoms with van der Waals surface area (Å²) in [5.74, 6) is 0.404. The zero-order valence-electron chi connectivity index (χ0n) is 13.7. The Morgan fingerprint density at radius 2 is 1.88 bits per heavy atom. The van der Waals surface area contributed by atoms with Crippen LogP contribution in [0.1, 0.15) is 29.8 Å². The van der Waals surface area contributed by atoms with Gasteiger partial charge >= 0.3 is 0 Å². The van der Waals surface area contributed by atoms with Crippen molar-refractivity contribution in [2.24, 2.45) is 5.10 Å². The van der Waals surface area contributed by atoms with Gasteiger partial charge < -0.3 is 9.47 Å². The molecule has 0 aliphatic rings. The van der Waals surface area contributed by atoms with E-state index >= 15 is 0 Å². The van der Waals surface area contributed by atoms with Crippen LogP contribution in [0.5, 0.6) is 11.5 Å². The highest BCUT2D eigenvalue weighted by atomic mass is 19.1. The minimum absolute atomic E-state index is 0.0356. The molecule has 0 unspecified atom stereocenters. The van der Waals surface area contributed by atoms with Crippen LogP contribution in [0, 0.1) is 5.82 Å². The number of ether oxygens (including phenoxy) is 2. The Morgan fingerprint density at radius 3 is 2.50 bits per heavy atom. The van der Waals surface area contributed by atoms with Gasteiger partial charge in [-0.2, -0.15) is 5.10 Å². The molecule has 0 aliphatic heterocycles. The summed E-state index contributed by atoms with van der Waals surface area (Å²) < 4.78 is 23.7. The third kappa shape index (κ3) is 4.81. The zero-order valence-corrected chi connectivity index (χ0v) is 13.7. The highest BCUT2D eigenvalue weighted by Gasteiger charge is 2.07. The van der Waals surface area contributed by atoms with Gasteiger partial charge in [-0.05, 0) is 61.9 Å². The first-order valence-electron chi connectivity index (χ1n) is 7.43. The first-order chi connectivity index (χ1) is 11.5. The van der Waals surface area contributed by atoms with Crippen LogP contribution < -0.4 is 14.9 Å². The number of hydrazone groups is 1. The maximum absolute atomic E-state index is 12.8. The van der Waals surface area contributed by atoms with E-state index in [9.17, 15) is 9.18 Å². The second-order valence-electron chi connectivity index (χ2n) is 5.28. The van der Waals surface area contributed by atoms with Crippen molar-refractivity contribution in [1.82, 2.24) is 5.43 Å². The SMILES string of the molecule is COc1cc(/C=N\NC(=O)c2ccc(F)cc2)ccc1OC(C)C. The van der Waals surface area contributed by atoms with Crippen LogP contribution in [0.4, 0.5) is 4.39 Å². The van der Waals surface area contributed by atoms with E-state index in [0.717, 1.165) is 5.56 Å². The van der Waals surface area contributed by atoms with Crippen molar-refractivity contribution in [2.45, 2.75) is 20.0 Å². The average molecular weight is 330 g/mol. The van der Waals surface area contributed by atoms with Crippen LogP contribution in [0.3, 0.4) is 0 Å². The van der Waals surface area contributed by atoms with E-state index in [2.05, 4.69) is 10.5 Å². The monoisotopic (exact) mass is 330 g/mol. The van der Waals surface area contributed by atoms with Crippen molar-refractivity contribution < 1.29 is 18.7 Å². The Morgan fingerprint density at radius 1 is 1.17 bits per heavy atom. The van der Waals surface area contributed by atoms with Gasteiger partial charge in [0.2, 0.25) is 0 Å². The molecule has 0 aromatic heterocycles. The number of halogens is 1. The highest BCUT2D eigenvalue weighted by molar-refractivity contribution is 5.94. The van der Waals surface area contributed by atoms with Crippen molar-refractivity contribution in [1.29, 1.82) is 0 Å². The molecule has 6 heteroatoms. The van der Waals surface area contributed by atoms with Crippen molar-refractivity contribution in [2.75, 3.05) is 7.11 Å². The van der Waals surface area contributed by atoms with Gasteiger partial charge in [-0.15, -0.1) is 0 Å². The summed E-state index contributed by atoms with van der Waals surface area (Å²) in [5.41, 5.74) is 3.45. The molecule has 2 rings (SSSR count). The average Bonchev–Trinajstić information content (AvgIpc) is 2.56. The summed E-state index contributed by atoms with van der Waals surface area (Å²) in [6.45, 7) is 3.86. The number of carbonyl (C=O) groups is 1. The molecule has 24 heavy (non-hydrogen) atoms. The van der Waals surface area contributed by atoms with Crippen molar-refractivity contribution >= 4 is 12.1 Å². The molecule has 1 amide bonds. The highest BCUT2D eigenvalue weighted by Crippen LogP contribution is 2.28. The lowest BCUT2D eigenvalue weighted by molar-refractivity contribution is 0.0955. The molecule has 0 atom stereocenters. The van der Waals surface area contributed by atoms with Crippen molar-refractivity contribution in [3.8, 4) is 11.5 Å². The number of nitrogens with one attached hydrogen (secondary N) is 1. The van der Waals surface area contributed by atoms with Crippen LogP contribution >= 0.6 is 0 Å². The van der Waals surface area contributed by atoms with Gasteiger partial charge in [0.15, 0.2) is 11.5 Å². The second-order valence-corrected chi connectivity index (χ2v) is 5.28. The number of hydrogen-bond donors (Lipinski definition) is 1. The summed E-state index contributed by atoms with van der Waals surface area (Å²) >= 11 is 0. The Balaban J connectivity index is 2.03. The molecule has 1 N–H and O–H groups in total. The molecular weight excluding hydrogens is 311 g/mol. The summed E-state index contributed by atoms with van der Waals surface area (Å²) in [4.78, 5) is 11.9. The topological polar surface area (TPSA) is 59.9 Å². The fourth-order valence-corrected chi connectivity index (χ4v) is 1.95. The largest absolute Gasteiger partial charge is 0.493 e. The van der Waals surface area contributed by atoms with Gasteiger partial charge in [0.1, 0.15) is 5.82 Å². The second kappa shape index (κ2) is 8.10. The smallest absolute Gasteiger partial charge is 0.271 e. The first-order valence-corrected chi connectivity index (χ1v) is 7.43. The zero-order chi connectivity index (χ0) is 17.5. The number of nitrogens with zero attached hydrogens (tertiary/aromatic N) is 1. The predicted molar refractivity (Wildman–Crippen MR) is 90.2 cm³/mol. The maximum Gasteiger partial charge on any atom is 0.271 e. The van der Waals surface area contributed by atoms with Crippen LogP contribution in [-0.4, -0.2) is 25.3 Å². The molecule has 0 saturated carbocycles. The third-order valence-corrected chi connectivity index (χ3v) is 3.04. The van der Waals surface area contributed by atoms with Crippen LogP contribution in [0.2, 0.25) is 0 Å². The Bertz CT molecular complexity index is 728. The van der Waals surface area contributed by atoms with E-state index < -0.39 is 11.7 Å². The minimum atomic E-state index is -0.419. The number of methoxy groups -OCH3 is 1. The molecule has 5 nitrogen and oxygen atoms in total. The number of hydrogen-bond acceptors (Lipinski definition) is 4. The van der Waals surface area contributed by atoms with Crippen LogP contribution in [0.25, 0.3) is 0 Å². The molecule has 0 fully saturated rings. The van der Waals surface area contributed by atoms with Gasteiger partial charge in [0, 0.05) is 5.56 Å². The summed E-state index contributed by atoms with van der Waals surface area (Å²) in [6.07, 6.45) is 1.52. The molecule has 0 saturated heterocycles. The quantitative estimate of drug-likeness (QED) is 0.652. The number of carbonyl (C=O) groups excluding carboxylic acids is 1. The molecule has 0 radical (unpaired) electrons. The Kier molecular flexibility index (Phi) is 5.89. The molecule has 0 heterocycles. The van der Waals surface area contributed by atoms with Gasteiger partial charge in [0.25, 0.3) is 5.91 Å². The molecule has 2 aromatic carbocycles. The fourth-order valence-electron chi connectivity index (χ4n) is 1.95. The molecule has 0 bridgehead atoms.